The number of carbonyl (C=O) groups is 1. The van der Waals surface area contributed by atoms with Crippen LogP contribution in [0.1, 0.15) is 9.67 Å². The van der Waals surface area contributed by atoms with Gasteiger partial charge in [-0.1, -0.05) is 4.49 Å². The summed E-state index contributed by atoms with van der Waals surface area (Å²) in [7, 11) is 0. The van der Waals surface area contributed by atoms with Crippen LogP contribution in [0.2, 0.25) is 0 Å². The van der Waals surface area contributed by atoms with E-state index in [1.807, 2.05) is 0 Å². The Hall–Kier alpha value is -2.02. The van der Waals surface area contributed by atoms with E-state index in [1.165, 1.54) is 24.4 Å². The molecule has 0 fully saturated rings. The third-order valence-electron chi connectivity index (χ3n) is 1.76. The summed E-state index contributed by atoms with van der Waals surface area (Å²) < 4.78 is 16.5. The second-order valence-electron chi connectivity index (χ2n) is 3.01. The van der Waals surface area contributed by atoms with Gasteiger partial charge in [0.25, 0.3) is 5.91 Å². The van der Waals surface area contributed by atoms with Crippen LogP contribution in [0.4, 0.5) is 15.8 Å². The molecule has 1 aromatic carbocycles. The molecular weight excluding hydrogens is 231 g/mol. The normalized spacial score (nSPS) is 10.1. The van der Waals surface area contributed by atoms with Gasteiger partial charge in [-0.05, 0) is 29.7 Å². The Balaban J connectivity index is 2.18. The zero-order valence-corrected chi connectivity index (χ0v) is 8.79. The van der Waals surface area contributed by atoms with Crippen molar-refractivity contribution in [3.05, 3.63) is 35.1 Å². The van der Waals surface area contributed by atoms with Crippen LogP contribution in [-0.4, -0.2) is 15.5 Å². The highest BCUT2D eigenvalue weighted by molar-refractivity contribution is 7.07. The fourth-order valence-corrected chi connectivity index (χ4v) is 1.55. The van der Waals surface area contributed by atoms with Crippen LogP contribution in [0.5, 0.6) is 0 Å². The minimum atomic E-state index is -0.502. The number of halogens is 1. The lowest BCUT2D eigenvalue weighted by atomic mass is 10.2. The maximum Gasteiger partial charge on any atom is 0.269 e. The minimum Gasteiger partial charge on any atom is -0.399 e. The molecule has 1 heterocycles. The molecule has 7 heteroatoms. The molecule has 0 aliphatic heterocycles. The van der Waals surface area contributed by atoms with Crippen molar-refractivity contribution >= 4 is 28.8 Å². The summed E-state index contributed by atoms with van der Waals surface area (Å²) in [5, 5.41) is 6.03. The van der Waals surface area contributed by atoms with E-state index < -0.39 is 5.82 Å². The molecule has 0 spiro atoms. The predicted octanol–water partition coefficient (Wildman–Crippen LogP) is 1.51. The molecule has 0 unspecified atom stereocenters. The quantitative estimate of drug-likeness (QED) is 0.777. The molecule has 1 amide bonds. The first-order valence-electron chi connectivity index (χ1n) is 4.30. The molecule has 16 heavy (non-hydrogen) atoms. The van der Waals surface area contributed by atoms with E-state index in [9.17, 15) is 9.18 Å². The van der Waals surface area contributed by atoms with Crippen molar-refractivity contribution in [3.8, 4) is 0 Å². The monoisotopic (exact) mass is 238 g/mol. The zero-order valence-electron chi connectivity index (χ0n) is 7.98. The van der Waals surface area contributed by atoms with Gasteiger partial charge in [0.1, 0.15) is 10.7 Å². The van der Waals surface area contributed by atoms with E-state index >= 15 is 0 Å². The Kier molecular flexibility index (Phi) is 2.78. The third-order valence-corrected chi connectivity index (χ3v) is 2.43. The molecule has 0 bridgehead atoms. The first-order chi connectivity index (χ1) is 7.65. The van der Waals surface area contributed by atoms with Crippen molar-refractivity contribution in [1.82, 2.24) is 9.59 Å². The average Bonchev–Trinajstić information content (AvgIpc) is 2.68. The molecule has 0 aliphatic carbocycles. The van der Waals surface area contributed by atoms with Crippen LogP contribution in [-0.2, 0) is 0 Å². The minimum absolute atomic E-state index is 0.248. The molecule has 2 rings (SSSR count). The Morgan fingerprint density at radius 2 is 2.25 bits per heavy atom. The number of nitrogens with two attached hydrogens (primary N) is 1. The molecule has 0 radical (unpaired) electrons. The van der Waals surface area contributed by atoms with Gasteiger partial charge in [-0.2, -0.15) is 0 Å². The zero-order chi connectivity index (χ0) is 11.5. The molecule has 3 N–H and O–H groups in total. The van der Waals surface area contributed by atoms with Crippen molar-refractivity contribution in [2.75, 3.05) is 11.1 Å². The number of nitrogens with zero attached hydrogens (tertiary/aromatic N) is 2. The van der Waals surface area contributed by atoms with Crippen LogP contribution in [0.15, 0.2) is 24.4 Å². The molecule has 0 aliphatic rings. The van der Waals surface area contributed by atoms with E-state index in [2.05, 4.69) is 14.9 Å². The van der Waals surface area contributed by atoms with E-state index in [-0.39, 0.29) is 11.6 Å². The van der Waals surface area contributed by atoms with Gasteiger partial charge in [0.2, 0.25) is 0 Å². The number of amides is 1. The lowest BCUT2D eigenvalue weighted by molar-refractivity contribution is 0.103. The third kappa shape index (κ3) is 2.31. The Labute approximate surface area is 94.3 Å². The SMILES string of the molecule is Nc1cc(F)cc(NC(=O)c2cnns2)c1. The molecule has 0 saturated heterocycles. The lowest BCUT2D eigenvalue weighted by Crippen LogP contribution is -2.10. The fourth-order valence-electron chi connectivity index (χ4n) is 1.14. The number of nitrogen functional groups attached to an aromatic ring is 1. The number of rotatable bonds is 2. The maximum absolute atomic E-state index is 13.0. The van der Waals surface area contributed by atoms with Crippen LogP contribution in [0, 0.1) is 5.82 Å². The summed E-state index contributed by atoms with van der Waals surface area (Å²) in [5.74, 6) is -0.891. The number of carbonyl (C=O) groups excluding carboxylic acids is 1. The van der Waals surface area contributed by atoms with Gasteiger partial charge in [0, 0.05) is 11.4 Å². The Bertz CT molecular complexity index is 494. The number of benzene rings is 1. The largest absolute Gasteiger partial charge is 0.399 e. The van der Waals surface area contributed by atoms with Gasteiger partial charge in [-0.25, -0.2) is 4.39 Å². The summed E-state index contributed by atoms with van der Waals surface area (Å²) in [4.78, 5) is 11.9. The van der Waals surface area contributed by atoms with Gasteiger partial charge in [0.05, 0.1) is 6.20 Å². The fraction of sp³-hybridized carbons (Fsp3) is 0. The van der Waals surface area contributed by atoms with Crippen molar-refractivity contribution in [1.29, 1.82) is 0 Å². The number of hydrogen-bond acceptors (Lipinski definition) is 5. The van der Waals surface area contributed by atoms with Crippen molar-refractivity contribution in [2.45, 2.75) is 0 Å². The van der Waals surface area contributed by atoms with E-state index in [1.54, 1.807) is 0 Å². The number of hydrogen-bond donors (Lipinski definition) is 2. The summed E-state index contributed by atoms with van der Waals surface area (Å²) >= 11 is 0.961. The maximum atomic E-state index is 13.0. The van der Waals surface area contributed by atoms with Crippen molar-refractivity contribution in [2.24, 2.45) is 0 Å². The molecule has 0 atom stereocenters. The second kappa shape index (κ2) is 4.23. The number of aromatic nitrogens is 2. The van der Waals surface area contributed by atoms with Crippen LogP contribution in [0.25, 0.3) is 0 Å². The standard InChI is InChI=1S/C9H7FN4OS/c10-5-1-6(11)3-7(2-5)13-9(15)8-4-12-14-16-8/h1-4H,11H2,(H,13,15). The smallest absolute Gasteiger partial charge is 0.269 e. The molecule has 0 saturated carbocycles. The lowest BCUT2D eigenvalue weighted by Gasteiger charge is -2.04. The summed E-state index contributed by atoms with van der Waals surface area (Å²) in [5.41, 5.74) is 5.99. The van der Waals surface area contributed by atoms with Crippen LogP contribution in [0.3, 0.4) is 0 Å². The first-order valence-corrected chi connectivity index (χ1v) is 5.07. The number of nitrogens with one attached hydrogen (secondary N) is 1. The Morgan fingerprint density at radius 1 is 1.44 bits per heavy atom. The van der Waals surface area contributed by atoms with Gasteiger partial charge < -0.3 is 11.1 Å². The summed E-state index contributed by atoms with van der Waals surface area (Å²) in [6, 6.07) is 3.82. The molecule has 82 valence electrons. The highest BCUT2D eigenvalue weighted by Crippen LogP contribution is 2.16. The molecular formula is C9H7FN4OS. The summed E-state index contributed by atoms with van der Waals surface area (Å²) in [6.45, 7) is 0. The highest BCUT2D eigenvalue weighted by atomic mass is 32.1. The average molecular weight is 238 g/mol. The molecule has 1 aromatic heterocycles. The highest BCUT2D eigenvalue weighted by Gasteiger charge is 2.09. The predicted molar refractivity (Wildman–Crippen MR) is 58.7 cm³/mol. The topological polar surface area (TPSA) is 80.9 Å². The number of anilines is 2. The van der Waals surface area contributed by atoms with Crippen LogP contribution >= 0.6 is 11.5 Å². The van der Waals surface area contributed by atoms with Gasteiger partial charge in [-0.3, -0.25) is 4.79 Å². The van der Waals surface area contributed by atoms with E-state index in [0.29, 0.717) is 10.6 Å². The Morgan fingerprint density at radius 3 is 2.88 bits per heavy atom. The second-order valence-corrected chi connectivity index (χ2v) is 3.79. The summed E-state index contributed by atoms with van der Waals surface area (Å²) in [6.07, 6.45) is 1.34. The first kappa shape index (κ1) is 10.5. The van der Waals surface area contributed by atoms with Gasteiger partial charge in [0.15, 0.2) is 0 Å². The van der Waals surface area contributed by atoms with Crippen LogP contribution < -0.4 is 11.1 Å². The molecule has 2 aromatic rings. The van der Waals surface area contributed by atoms with Gasteiger partial charge >= 0.3 is 0 Å². The van der Waals surface area contributed by atoms with E-state index in [4.69, 9.17) is 5.73 Å². The van der Waals surface area contributed by atoms with Gasteiger partial charge in [-0.15, -0.1) is 5.10 Å². The van der Waals surface area contributed by atoms with Crippen molar-refractivity contribution in [3.63, 3.8) is 0 Å². The van der Waals surface area contributed by atoms with E-state index in [0.717, 1.165) is 11.5 Å². The van der Waals surface area contributed by atoms with Crippen molar-refractivity contribution < 1.29 is 9.18 Å². The molecule has 5 nitrogen and oxygen atoms in total.